The number of unbranched alkanes of at least 4 members (excludes halogenated alkanes) is 2. The SMILES string of the molecule is CCCCO[C@H]1[C@H](C)OC(=O)[C@@H](NC(=O)OC(C)(C)C)COC[C@@H]1OCc1ccccc1.CCCCO[C@H]1[C@H](C)OC=C[C@@H]1OCc1ccccc1. The zero-order chi connectivity index (χ0) is 37.8. The Labute approximate surface area is 310 Å². The Kier molecular flexibility index (Phi) is 19.2. The highest BCUT2D eigenvalue weighted by Crippen LogP contribution is 2.21. The summed E-state index contributed by atoms with van der Waals surface area (Å²) in [4.78, 5) is 24.9. The van der Waals surface area contributed by atoms with Crippen LogP contribution in [0.4, 0.5) is 4.79 Å². The van der Waals surface area contributed by atoms with Crippen LogP contribution in [-0.2, 0) is 55.9 Å². The van der Waals surface area contributed by atoms with Crippen LogP contribution in [0.1, 0.15) is 85.3 Å². The molecular formula is C41H61NO10. The molecular weight excluding hydrogens is 666 g/mol. The Hall–Kier alpha value is -3.48. The summed E-state index contributed by atoms with van der Waals surface area (Å²) in [7, 11) is 0. The van der Waals surface area contributed by atoms with Crippen LogP contribution in [0, 0.1) is 0 Å². The first kappa shape index (κ1) is 42.9. The monoisotopic (exact) mass is 727 g/mol. The predicted molar refractivity (Wildman–Crippen MR) is 199 cm³/mol. The lowest BCUT2D eigenvalue weighted by Crippen LogP contribution is -2.48. The largest absolute Gasteiger partial charge is 0.496 e. The van der Waals surface area contributed by atoms with E-state index in [9.17, 15) is 9.59 Å². The van der Waals surface area contributed by atoms with Gasteiger partial charge in [0.25, 0.3) is 0 Å². The molecule has 1 saturated heterocycles. The number of alkyl carbamates (subject to hydrolysis) is 1. The molecule has 2 aromatic carbocycles. The third-order valence-electron chi connectivity index (χ3n) is 8.23. The minimum absolute atomic E-state index is 0.0256. The van der Waals surface area contributed by atoms with Crippen molar-refractivity contribution in [1.29, 1.82) is 0 Å². The molecule has 2 heterocycles. The number of nitrogens with one attached hydrogen (secondary N) is 1. The fourth-order valence-corrected chi connectivity index (χ4v) is 5.39. The van der Waals surface area contributed by atoms with Crippen LogP contribution in [0.3, 0.4) is 0 Å². The molecule has 1 amide bonds. The first-order chi connectivity index (χ1) is 25.0. The third kappa shape index (κ3) is 16.0. The van der Waals surface area contributed by atoms with Gasteiger partial charge < -0.3 is 43.2 Å². The summed E-state index contributed by atoms with van der Waals surface area (Å²) in [6.45, 7) is 15.7. The van der Waals surface area contributed by atoms with Crippen molar-refractivity contribution in [1.82, 2.24) is 5.32 Å². The Morgan fingerprint density at radius 1 is 0.788 bits per heavy atom. The van der Waals surface area contributed by atoms with Crippen molar-refractivity contribution in [2.75, 3.05) is 26.4 Å². The molecule has 11 nitrogen and oxygen atoms in total. The second kappa shape index (κ2) is 23.2. The lowest BCUT2D eigenvalue weighted by atomic mass is 10.1. The van der Waals surface area contributed by atoms with Gasteiger partial charge in [-0.1, -0.05) is 87.4 Å². The summed E-state index contributed by atoms with van der Waals surface area (Å²) < 4.78 is 46.3. The van der Waals surface area contributed by atoms with Gasteiger partial charge in [-0.3, -0.25) is 0 Å². The molecule has 2 aliphatic heterocycles. The Morgan fingerprint density at radius 3 is 1.94 bits per heavy atom. The van der Waals surface area contributed by atoms with Crippen LogP contribution in [0.2, 0.25) is 0 Å². The van der Waals surface area contributed by atoms with Gasteiger partial charge in [0.15, 0.2) is 6.04 Å². The highest BCUT2D eigenvalue weighted by molar-refractivity contribution is 5.81. The Morgan fingerprint density at radius 2 is 1.37 bits per heavy atom. The van der Waals surface area contributed by atoms with Crippen molar-refractivity contribution in [3.05, 3.63) is 84.1 Å². The maximum Gasteiger partial charge on any atom is 0.408 e. The van der Waals surface area contributed by atoms with E-state index in [0.717, 1.165) is 37.9 Å². The number of benzene rings is 2. The molecule has 4 rings (SSSR count). The molecule has 2 aliphatic rings. The quantitative estimate of drug-likeness (QED) is 0.148. The number of hydrogen-bond acceptors (Lipinski definition) is 10. The lowest BCUT2D eigenvalue weighted by molar-refractivity contribution is -0.169. The smallest absolute Gasteiger partial charge is 0.408 e. The molecule has 290 valence electrons. The fourth-order valence-electron chi connectivity index (χ4n) is 5.39. The number of cyclic esters (lactones) is 1. The van der Waals surface area contributed by atoms with Gasteiger partial charge in [0.1, 0.15) is 42.2 Å². The van der Waals surface area contributed by atoms with Crippen molar-refractivity contribution in [3.8, 4) is 0 Å². The first-order valence-electron chi connectivity index (χ1n) is 18.6. The number of hydrogen-bond donors (Lipinski definition) is 1. The summed E-state index contributed by atoms with van der Waals surface area (Å²) in [6.07, 6.45) is 5.42. The van der Waals surface area contributed by atoms with Crippen LogP contribution in [0.15, 0.2) is 73.0 Å². The van der Waals surface area contributed by atoms with E-state index < -0.39 is 42.0 Å². The van der Waals surface area contributed by atoms with E-state index in [2.05, 4.69) is 31.3 Å². The average Bonchev–Trinajstić information content (AvgIpc) is 3.16. The van der Waals surface area contributed by atoms with Crippen LogP contribution in [0.25, 0.3) is 0 Å². The van der Waals surface area contributed by atoms with Crippen LogP contribution in [-0.4, -0.2) is 86.8 Å². The van der Waals surface area contributed by atoms with Gasteiger partial charge in [-0.25, -0.2) is 9.59 Å². The maximum atomic E-state index is 12.7. The minimum atomic E-state index is -0.989. The number of esters is 1. The topological polar surface area (TPSA) is 120 Å². The molecule has 0 unspecified atom stereocenters. The van der Waals surface area contributed by atoms with E-state index in [1.807, 2.05) is 61.5 Å². The summed E-state index contributed by atoms with van der Waals surface area (Å²) in [5.74, 6) is -0.601. The number of rotatable bonds is 15. The summed E-state index contributed by atoms with van der Waals surface area (Å²) in [6, 6.07) is 19.0. The van der Waals surface area contributed by atoms with E-state index in [1.54, 1.807) is 34.0 Å². The summed E-state index contributed by atoms with van der Waals surface area (Å²) in [5, 5.41) is 2.54. The van der Waals surface area contributed by atoms with Gasteiger partial charge in [0, 0.05) is 13.2 Å². The number of amides is 1. The number of carbonyl (C=O) groups excluding carboxylic acids is 2. The Bertz CT molecular complexity index is 1300. The molecule has 0 aliphatic carbocycles. The minimum Gasteiger partial charge on any atom is -0.496 e. The first-order valence-corrected chi connectivity index (χ1v) is 18.6. The average molecular weight is 728 g/mol. The second-order valence-corrected chi connectivity index (χ2v) is 14.0. The van der Waals surface area contributed by atoms with E-state index >= 15 is 0 Å². The highest BCUT2D eigenvalue weighted by Gasteiger charge is 2.37. The molecule has 0 spiro atoms. The van der Waals surface area contributed by atoms with Gasteiger partial charge >= 0.3 is 12.1 Å². The van der Waals surface area contributed by atoms with Gasteiger partial charge in [-0.15, -0.1) is 0 Å². The summed E-state index contributed by atoms with van der Waals surface area (Å²) in [5.41, 5.74) is 1.51. The van der Waals surface area contributed by atoms with Crippen molar-refractivity contribution in [3.63, 3.8) is 0 Å². The fraction of sp³-hybridized carbons (Fsp3) is 0.610. The van der Waals surface area contributed by atoms with Gasteiger partial charge in [0.05, 0.1) is 32.7 Å². The molecule has 7 atom stereocenters. The molecule has 1 fully saturated rings. The summed E-state index contributed by atoms with van der Waals surface area (Å²) >= 11 is 0. The van der Waals surface area contributed by atoms with E-state index in [0.29, 0.717) is 19.8 Å². The third-order valence-corrected chi connectivity index (χ3v) is 8.23. The molecule has 11 heteroatoms. The molecule has 52 heavy (non-hydrogen) atoms. The maximum absolute atomic E-state index is 12.7. The zero-order valence-electron chi connectivity index (χ0n) is 32.1. The number of carbonyl (C=O) groups is 2. The molecule has 0 aromatic heterocycles. The predicted octanol–water partition coefficient (Wildman–Crippen LogP) is 7.30. The van der Waals surface area contributed by atoms with Crippen LogP contribution < -0.4 is 5.32 Å². The normalized spacial score (nSPS) is 24.9. The van der Waals surface area contributed by atoms with Crippen molar-refractivity contribution in [2.24, 2.45) is 0 Å². The van der Waals surface area contributed by atoms with Gasteiger partial charge in [-0.2, -0.15) is 0 Å². The zero-order valence-corrected chi connectivity index (χ0v) is 32.1. The molecule has 0 bridgehead atoms. The van der Waals surface area contributed by atoms with Crippen molar-refractivity contribution >= 4 is 12.1 Å². The molecule has 1 N–H and O–H groups in total. The van der Waals surface area contributed by atoms with E-state index in [-0.39, 0.29) is 31.5 Å². The van der Waals surface area contributed by atoms with Gasteiger partial charge in [-0.05, 0) is 64.7 Å². The van der Waals surface area contributed by atoms with Crippen LogP contribution >= 0.6 is 0 Å². The molecule has 0 saturated carbocycles. The van der Waals surface area contributed by atoms with Gasteiger partial charge in [0.2, 0.25) is 0 Å². The Balaban J connectivity index is 0.000000311. The standard InChI is InChI=1S/C24H37NO7.C17H24O3/c1-6-7-13-29-21-17(2)31-22(26)19(25-23(27)32-24(3,4)5)15-28-16-20(21)30-14-18-11-9-8-10-12-18;1-3-4-11-19-17-14(2)18-12-10-16(17)20-13-15-8-6-5-7-9-15/h8-12,17,19-21H,6-7,13-16H2,1-5H3,(H,25,27);5-10,12,14,16-17H,3-4,11,13H2,1-2H3/t17-,19-,20-,21-;14-,16-,17-/m00/s1. The van der Waals surface area contributed by atoms with Crippen molar-refractivity contribution in [2.45, 2.75) is 136 Å². The van der Waals surface area contributed by atoms with Crippen molar-refractivity contribution < 1.29 is 47.5 Å². The molecule has 0 radical (unpaired) electrons. The van der Waals surface area contributed by atoms with E-state index in [4.69, 9.17) is 37.9 Å². The van der Waals surface area contributed by atoms with Crippen LogP contribution in [0.5, 0.6) is 0 Å². The molecule has 2 aromatic rings. The lowest BCUT2D eigenvalue weighted by Gasteiger charge is -2.32. The highest BCUT2D eigenvalue weighted by atomic mass is 16.6. The second-order valence-electron chi connectivity index (χ2n) is 14.0. The number of ether oxygens (including phenoxy) is 8. The van der Waals surface area contributed by atoms with E-state index in [1.165, 1.54) is 5.56 Å².